The first kappa shape index (κ1) is 17.3. The highest BCUT2D eigenvalue weighted by Gasteiger charge is 2.04. The second-order valence-electron chi connectivity index (χ2n) is 4.89. The van der Waals surface area contributed by atoms with Crippen molar-refractivity contribution in [2.45, 2.75) is 6.54 Å². The first-order chi connectivity index (χ1) is 10.8. The molecule has 0 heterocycles. The summed E-state index contributed by atoms with van der Waals surface area (Å²) in [5.74, 6) is 0. The van der Waals surface area contributed by atoms with Crippen molar-refractivity contribution in [2.24, 2.45) is 0 Å². The number of rotatable bonds is 5. The Morgan fingerprint density at radius 3 is 2.13 bits per heavy atom. The molecule has 8 heteroatoms. The van der Waals surface area contributed by atoms with Crippen LogP contribution >= 0.6 is 15.9 Å². The molecule has 0 fully saturated rings. The Kier molecular flexibility index (Phi) is 5.62. The van der Waals surface area contributed by atoms with Gasteiger partial charge in [-0.1, -0.05) is 28.1 Å². The third-order valence-corrected chi connectivity index (χ3v) is 3.95. The number of sulfonamides is 1. The third-order valence-electron chi connectivity index (χ3n) is 2.81. The molecule has 0 radical (unpaired) electrons. The Morgan fingerprint density at radius 1 is 1.00 bits per heavy atom. The molecule has 0 aliphatic carbocycles. The average Bonchev–Trinajstić information content (AvgIpc) is 2.47. The Morgan fingerprint density at radius 2 is 1.57 bits per heavy atom. The smallest absolute Gasteiger partial charge is 0.319 e. The van der Waals surface area contributed by atoms with Crippen LogP contribution in [0.15, 0.2) is 53.0 Å². The lowest BCUT2D eigenvalue weighted by molar-refractivity contribution is 0.251. The van der Waals surface area contributed by atoms with E-state index in [0.29, 0.717) is 17.9 Å². The van der Waals surface area contributed by atoms with Gasteiger partial charge in [-0.2, -0.15) is 0 Å². The van der Waals surface area contributed by atoms with E-state index in [4.69, 9.17) is 0 Å². The summed E-state index contributed by atoms with van der Waals surface area (Å²) in [5, 5.41) is 5.42. The zero-order chi connectivity index (χ0) is 16.9. The van der Waals surface area contributed by atoms with Crippen molar-refractivity contribution in [1.82, 2.24) is 5.32 Å². The fourth-order valence-electron chi connectivity index (χ4n) is 1.80. The van der Waals surface area contributed by atoms with Crippen LogP contribution in [0, 0.1) is 0 Å². The van der Waals surface area contributed by atoms with Crippen LogP contribution in [0.2, 0.25) is 0 Å². The van der Waals surface area contributed by atoms with Gasteiger partial charge in [-0.3, -0.25) is 4.72 Å². The fourth-order valence-corrected chi connectivity index (χ4v) is 2.62. The molecule has 0 aromatic heterocycles. The van der Waals surface area contributed by atoms with Crippen LogP contribution in [-0.2, 0) is 16.6 Å². The maximum absolute atomic E-state index is 11.8. The predicted octanol–water partition coefficient (Wildman–Crippen LogP) is 3.14. The van der Waals surface area contributed by atoms with Gasteiger partial charge in [0.05, 0.1) is 6.26 Å². The molecule has 122 valence electrons. The van der Waals surface area contributed by atoms with Crippen molar-refractivity contribution in [3.8, 4) is 0 Å². The first-order valence-corrected chi connectivity index (χ1v) is 9.37. The van der Waals surface area contributed by atoms with Gasteiger partial charge >= 0.3 is 6.03 Å². The van der Waals surface area contributed by atoms with Crippen LogP contribution in [0.5, 0.6) is 0 Å². The molecule has 0 aliphatic rings. The summed E-state index contributed by atoms with van der Waals surface area (Å²) in [6.07, 6.45) is 1.08. The molecule has 0 atom stereocenters. The summed E-state index contributed by atoms with van der Waals surface area (Å²) in [6, 6.07) is 13.7. The summed E-state index contributed by atoms with van der Waals surface area (Å²) >= 11 is 3.35. The topological polar surface area (TPSA) is 87.3 Å². The minimum atomic E-state index is -3.31. The normalized spacial score (nSPS) is 10.9. The summed E-state index contributed by atoms with van der Waals surface area (Å²) in [4.78, 5) is 11.8. The van der Waals surface area contributed by atoms with Gasteiger partial charge in [-0.05, 0) is 42.0 Å². The van der Waals surface area contributed by atoms with Crippen molar-refractivity contribution < 1.29 is 13.2 Å². The molecule has 2 aromatic rings. The molecule has 0 unspecified atom stereocenters. The number of urea groups is 1. The number of halogens is 1. The molecule has 2 aromatic carbocycles. The maximum atomic E-state index is 11.8. The van der Waals surface area contributed by atoms with E-state index < -0.39 is 10.0 Å². The SMILES string of the molecule is CS(=O)(=O)Nc1ccc(NC(=O)NCc2ccc(Br)cc2)cc1. The summed E-state index contributed by atoms with van der Waals surface area (Å²) in [7, 11) is -3.31. The first-order valence-electron chi connectivity index (χ1n) is 6.69. The minimum Gasteiger partial charge on any atom is -0.334 e. The molecule has 23 heavy (non-hydrogen) atoms. The number of benzene rings is 2. The van der Waals surface area contributed by atoms with Crippen LogP contribution in [0.3, 0.4) is 0 Å². The number of amides is 2. The van der Waals surface area contributed by atoms with Gasteiger partial charge in [0.25, 0.3) is 0 Å². The highest BCUT2D eigenvalue weighted by atomic mass is 79.9. The van der Waals surface area contributed by atoms with Crippen molar-refractivity contribution in [3.05, 3.63) is 58.6 Å². The fraction of sp³-hybridized carbons (Fsp3) is 0.133. The van der Waals surface area contributed by atoms with Gasteiger partial charge in [0.2, 0.25) is 10.0 Å². The maximum Gasteiger partial charge on any atom is 0.319 e. The lowest BCUT2D eigenvalue weighted by Crippen LogP contribution is -2.28. The van der Waals surface area contributed by atoms with E-state index >= 15 is 0 Å². The molecule has 0 bridgehead atoms. The molecule has 2 rings (SSSR count). The van der Waals surface area contributed by atoms with E-state index in [9.17, 15) is 13.2 Å². The molecule has 0 aliphatic heterocycles. The second-order valence-corrected chi connectivity index (χ2v) is 7.55. The number of hydrogen-bond donors (Lipinski definition) is 3. The van der Waals surface area contributed by atoms with E-state index in [-0.39, 0.29) is 6.03 Å². The van der Waals surface area contributed by atoms with Gasteiger partial charge in [-0.25, -0.2) is 13.2 Å². The second kappa shape index (κ2) is 7.47. The number of hydrogen-bond acceptors (Lipinski definition) is 3. The molecule has 3 N–H and O–H groups in total. The summed E-state index contributed by atoms with van der Waals surface area (Å²) in [6.45, 7) is 0.410. The lowest BCUT2D eigenvalue weighted by atomic mass is 10.2. The third kappa shape index (κ3) is 6.29. The van der Waals surface area contributed by atoms with Gasteiger partial charge < -0.3 is 10.6 Å². The highest BCUT2D eigenvalue weighted by molar-refractivity contribution is 9.10. The van der Waals surface area contributed by atoms with Crippen molar-refractivity contribution in [2.75, 3.05) is 16.3 Å². The Labute approximate surface area is 143 Å². The molecule has 6 nitrogen and oxygen atoms in total. The van der Waals surface area contributed by atoms with E-state index in [2.05, 4.69) is 31.3 Å². The van der Waals surface area contributed by atoms with Gasteiger partial charge in [0.15, 0.2) is 0 Å². The average molecular weight is 398 g/mol. The number of nitrogens with one attached hydrogen (secondary N) is 3. The van der Waals surface area contributed by atoms with Crippen LogP contribution in [0.4, 0.5) is 16.2 Å². The predicted molar refractivity (Wildman–Crippen MR) is 94.9 cm³/mol. The highest BCUT2D eigenvalue weighted by Crippen LogP contribution is 2.14. The molecule has 0 spiro atoms. The molecule has 0 saturated heterocycles. The number of carbonyl (C=O) groups excluding carboxylic acids is 1. The standard InChI is InChI=1S/C15H16BrN3O3S/c1-23(21,22)19-14-8-6-13(7-9-14)18-15(20)17-10-11-2-4-12(16)5-3-11/h2-9,19H,10H2,1H3,(H2,17,18,20). The largest absolute Gasteiger partial charge is 0.334 e. The van der Waals surface area contributed by atoms with E-state index in [0.717, 1.165) is 16.3 Å². The molecular weight excluding hydrogens is 382 g/mol. The molecule has 0 saturated carbocycles. The summed E-state index contributed by atoms with van der Waals surface area (Å²) in [5.41, 5.74) is 1.99. The van der Waals surface area contributed by atoms with Crippen molar-refractivity contribution in [3.63, 3.8) is 0 Å². The Bertz CT molecular complexity index is 775. The molecule has 2 amide bonds. The lowest BCUT2D eigenvalue weighted by Gasteiger charge is -2.09. The zero-order valence-corrected chi connectivity index (χ0v) is 14.7. The van der Waals surface area contributed by atoms with E-state index in [1.54, 1.807) is 24.3 Å². The van der Waals surface area contributed by atoms with Crippen LogP contribution in [0.25, 0.3) is 0 Å². The number of anilines is 2. The quantitative estimate of drug-likeness (QED) is 0.723. The minimum absolute atomic E-state index is 0.336. The van der Waals surface area contributed by atoms with Crippen LogP contribution in [0.1, 0.15) is 5.56 Å². The summed E-state index contributed by atoms with van der Waals surface area (Å²) < 4.78 is 25.6. The van der Waals surface area contributed by atoms with Gasteiger partial charge in [0.1, 0.15) is 0 Å². The van der Waals surface area contributed by atoms with E-state index in [1.807, 2.05) is 24.3 Å². The van der Waals surface area contributed by atoms with Crippen molar-refractivity contribution in [1.29, 1.82) is 0 Å². The van der Waals surface area contributed by atoms with E-state index in [1.165, 1.54) is 0 Å². The van der Waals surface area contributed by atoms with Gasteiger partial charge in [0, 0.05) is 22.4 Å². The van der Waals surface area contributed by atoms with Crippen LogP contribution < -0.4 is 15.4 Å². The number of carbonyl (C=O) groups is 1. The Hall–Kier alpha value is -2.06. The Balaban J connectivity index is 1.86. The monoisotopic (exact) mass is 397 g/mol. The van der Waals surface area contributed by atoms with Crippen LogP contribution in [-0.4, -0.2) is 20.7 Å². The van der Waals surface area contributed by atoms with Gasteiger partial charge in [-0.15, -0.1) is 0 Å². The van der Waals surface area contributed by atoms with Crippen molar-refractivity contribution >= 4 is 43.4 Å². The molecular formula is C15H16BrN3O3S. The zero-order valence-electron chi connectivity index (χ0n) is 12.3.